The van der Waals surface area contributed by atoms with E-state index >= 15 is 0 Å². The molecular formula is C17H18ClNO4S. The maximum atomic E-state index is 12.5. The average molecular weight is 368 g/mol. The number of hydrogen-bond donors (Lipinski definition) is 1. The molecule has 1 N–H and O–H groups in total. The van der Waals surface area contributed by atoms with Crippen molar-refractivity contribution in [1.82, 2.24) is 4.90 Å². The molecule has 1 heterocycles. The van der Waals surface area contributed by atoms with Gasteiger partial charge in [-0.25, -0.2) is 4.79 Å². The van der Waals surface area contributed by atoms with E-state index in [0.29, 0.717) is 16.5 Å². The van der Waals surface area contributed by atoms with E-state index in [0.717, 1.165) is 4.90 Å². The average Bonchev–Trinajstić information content (AvgIpc) is 2.89. The summed E-state index contributed by atoms with van der Waals surface area (Å²) < 4.78 is 5.41. The minimum Gasteiger partial charge on any atom is -0.478 e. The number of nitrogens with zero attached hydrogens (tertiary/aromatic N) is 1. The van der Waals surface area contributed by atoms with Crippen LogP contribution in [-0.2, 0) is 11.3 Å². The zero-order valence-electron chi connectivity index (χ0n) is 13.6. The minimum absolute atomic E-state index is 0.0918. The van der Waals surface area contributed by atoms with Gasteiger partial charge in [-0.05, 0) is 32.0 Å². The molecule has 7 heteroatoms. The van der Waals surface area contributed by atoms with E-state index in [-0.39, 0.29) is 23.3 Å². The van der Waals surface area contributed by atoms with Gasteiger partial charge in [0.2, 0.25) is 5.91 Å². The molecule has 0 aliphatic heterocycles. The third kappa shape index (κ3) is 4.33. The molecule has 1 unspecified atom stereocenters. The number of thioether (sulfide) groups is 1. The van der Waals surface area contributed by atoms with Gasteiger partial charge in [0.1, 0.15) is 17.1 Å². The van der Waals surface area contributed by atoms with Crippen molar-refractivity contribution >= 4 is 35.2 Å². The molecule has 0 aliphatic rings. The molecule has 128 valence electrons. The van der Waals surface area contributed by atoms with Crippen molar-refractivity contribution < 1.29 is 19.1 Å². The lowest BCUT2D eigenvalue weighted by atomic mass is 10.2. The van der Waals surface area contributed by atoms with Crippen molar-refractivity contribution in [1.29, 1.82) is 0 Å². The van der Waals surface area contributed by atoms with Crippen LogP contribution in [0.5, 0.6) is 0 Å². The van der Waals surface area contributed by atoms with Crippen LogP contribution in [0.1, 0.15) is 28.8 Å². The lowest BCUT2D eigenvalue weighted by molar-refractivity contribution is -0.129. The van der Waals surface area contributed by atoms with Crippen molar-refractivity contribution in [3.05, 3.63) is 52.4 Å². The number of carbonyl (C=O) groups excluding carboxylic acids is 1. The van der Waals surface area contributed by atoms with Gasteiger partial charge < -0.3 is 14.4 Å². The number of aryl methyl sites for hydroxylation is 1. The topological polar surface area (TPSA) is 70.8 Å². The minimum atomic E-state index is -1.04. The van der Waals surface area contributed by atoms with Gasteiger partial charge in [-0.15, -0.1) is 11.8 Å². The Labute approximate surface area is 149 Å². The lowest BCUT2D eigenvalue weighted by Gasteiger charge is -2.20. The zero-order chi connectivity index (χ0) is 17.9. The number of halogens is 1. The van der Waals surface area contributed by atoms with Gasteiger partial charge >= 0.3 is 5.97 Å². The fourth-order valence-electron chi connectivity index (χ4n) is 2.24. The van der Waals surface area contributed by atoms with Gasteiger partial charge in [0.15, 0.2) is 0 Å². The Hall–Kier alpha value is -1.92. The lowest BCUT2D eigenvalue weighted by Crippen LogP contribution is -2.32. The summed E-state index contributed by atoms with van der Waals surface area (Å²) in [6, 6.07) is 8.81. The number of carbonyl (C=O) groups is 2. The Bertz CT molecular complexity index is 759. The van der Waals surface area contributed by atoms with Crippen LogP contribution in [0.15, 0.2) is 39.6 Å². The predicted molar refractivity (Wildman–Crippen MR) is 93.6 cm³/mol. The molecule has 1 aromatic carbocycles. The van der Waals surface area contributed by atoms with Crippen molar-refractivity contribution in [2.24, 2.45) is 0 Å². The number of hydrogen-bond acceptors (Lipinski definition) is 4. The first kappa shape index (κ1) is 18.4. The van der Waals surface area contributed by atoms with Gasteiger partial charge in [-0.3, -0.25) is 4.79 Å². The van der Waals surface area contributed by atoms with Gasteiger partial charge in [0, 0.05) is 11.9 Å². The zero-order valence-corrected chi connectivity index (χ0v) is 15.1. The fraction of sp³-hybridized carbons (Fsp3) is 0.294. The molecular weight excluding hydrogens is 350 g/mol. The second kappa shape index (κ2) is 7.77. The first-order valence-corrected chi connectivity index (χ1v) is 8.54. The smallest absolute Gasteiger partial charge is 0.339 e. The summed E-state index contributed by atoms with van der Waals surface area (Å²) in [4.78, 5) is 25.9. The normalized spacial score (nSPS) is 12.0. The van der Waals surface area contributed by atoms with Gasteiger partial charge in [-0.2, -0.15) is 0 Å². The van der Waals surface area contributed by atoms with E-state index in [4.69, 9.17) is 21.1 Å². The quantitative estimate of drug-likeness (QED) is 0.779. The second-order valence-corrected chi connectivity index (χ2v) is 7.16. The summed E-state index contributed by atoms with van der Waals surface area (Å²) in [5.41, 5.74) is 0.115. The highest BCUT2D eigenvalue weighted by molar-refractivity contribution is 8.00. The fourth-order valence-corrected chi connectivity index (χ4v) is 3.51. The van der Waals surface area contributed by atoms with Crippen LogP contribution >= 0.6 is 23.4 Å². The Balaban J connectivity index is 2.02. The highest BCUT2D eigenvalue weighted by Gasteiger charge is 2.22. The molecule has 24 heavy (non-hydrogen) atoms. The SMILES string of the molecule is Cc1oc(CN(C)C(=O)C(C)Sc2ccccc2Cl)cc1C(=O)O. The summed E-state index contributed by atoms with van der Waals surface area (Å²) in [6.45, 7) is 3.61. The molecule has 0 radical (unpaired) electrons. The van der Waals surface area contributed by atoms with E-state index < -0.39 is 5.97 Å². The molecule has 0 saturated carbocycles. The molecule has 5 nitrogen and oxygen atoms in total. The third-order valence-electron chi connectivity index (χ3n) is 3.46. The van der Waals surface area contributed by atoms with Crippen LogP contribution in [0, 0.1) is 6.92 Å². The van der Waals surface area contributed by atoms with Crippen molar-refractivity contribution in [3.63, 3.8) is 0 Å². The van der Waals surface area contributed by atoms with E-state index in [1.807, 2.05) is 25.1 Å². The summed E-state index contributed by atoms with van der Waals surface area (Å²) in [7, 11) is 1.66. The predicted octanol–water partition coefficient (Wildman–Crippen LogP) is 4.08. The van der Waals surface area contributed by atoms with Gasteiger partial charge in [0.05, 0.1) is 16.8 Å². The number of amides is 1. The Morgan fingerprint density at radius 3 is 2.62 bits per heavy atom. The van der Waals surface area contributed by atoms with Crippen LogP contribution in [0.25, 0.3) is 0 Å². The highest BCUT2D eigenvalue weighted by atomic mass is 35.5. The summed E-state index contributed by atoms with van der Waals surface area (Å²) in [6.07, 6.45) is 0. The molecule has 1 amide bonds. The van der Waals surface area contributed by atoms with Crippen LogP contribution < -0.4 is 0 Å². The van der Waals surface area contributed by atoms with Gasteiger partial charge in [0.25, 0.3) is 0 Å². The van der Waals surface area contributed by atoms with Crippen LogP contribution in [-0.4, -0.2) is 34.2 Å². The third-order valence-corrected chi connectivity index (χ3v) is 5.06. The molecule has 0 fully saturated rings. The van der Waals surface area contributed by atoms with Crippen LogP contribution in [0.4, 0.5) is 0 Å². The van der Waals surface area contributed by atoms with E-state index in [1.54, 1.807) is 20.0 Å². The summed E-state index contributed by atoms with van der Waals surface area (Å²) in [5.74, 6) is -0.363. The second-order valence-electron chi connectivity index (χ2n) is 5.37. The standard InChI is InChI=1S/C17H18ClNO4S/c1-10-13(17(21)22)8-12(23-10)9-19(3)16(20)11(2)24-15-7-5-4-6-14(15)18/h4-8,11H,9H2,1-3H3,(H,21,22). The molecule has 0 spiro atoms. The first-order chi connectivity index (χ1) is 11.3. The van der Waals surface area contributed by atoms with E-state index in [2.05, 4.69) is 0 Å². The highest BCUT2D eigenvalue weighted by Crippen LogP contribution is 2.30. The summed E-state index contributed by atoms with van der Waals surface area (Å²) >= 11 is 7.50. The number of aromatic carboxylic acids is 1. The number of benzene rings is 1. The monoisotopic (exact) mass is 367 g/mol. The number of furan rings is 1. The largest absolute Gasteiger partial charge is 0.478 e. The molecule has 1 atom stereocenters. The molecule has 1 aromatic heterocycles. The Morgan fingerprint density at radius 1 is 1.38 bits per heavy atom. The molecule has 0 bridgehead atoms. The Morgan fingerprint density at radius 2 is 2.04 bits per heavy atom. The number of carboxylic acids is 1. The molecule has 2 aromatic rings. The molecule has 2 rings (SSSR count). The maximum absolute atomic E-state index is 12.5. The van der Waals surface area contributed by atoms with Crippen LogP contribution in [0.2, 0.25) is 5.02 Å². The summed E-state index contributed by atoms with van der Waals surface area (Å²) in [5, 5.41) is 9.32. The number of carboxylic acid groups (broad SMARTS) is 1. The van der Waals surface area contributed by atoms with Crippen LogP contribution in [0.3, 0.4) is 0 Å². The van der Waals surface area contributed by atoms with E-state index in [9.17, 15) is 9.59 Å². The molecule has 0 aliphatic carbocycles. The van der Waals surface area contributed by atoms with Crippen molar-refractivity contribution in [2.45, 2.75) is 30.5 Å². The van der Waals surface area contributed by atoms with Crippen molar-refractivity contribution in [2.75, 3.05) is 7.05 Å². The van der Waals surface area contributed by atoms with Crippen molar-refractivity contribution in [3.8, 4) is 0 Å². The molecule has 0 saturated heterocycles. The number of rotatable bonds is 6. The first-order valence-electron chi connectivity index (χ1n) is 7.28. The van der Waals surface area contributed by atoms with E-state index in [1.165, 1.54) is 22.7 Å². The van der Waals surface area contributed by atoms with Gasteiger partial charge in [-0.1, -0.05) is 23.7 Å². The maximum Gasteiger partial charge on any atom is 0.339 e. The Kier molecular flexibility index (Phi) is 5.96.